The molecule has 0 atom stereocenters. The number of halogens is 1. The Morgan fingerprint density at radius 1 is 1.16 bits per heavy atom. The first kappa shape index (κ1) is 27.8. The van der Waals surface area contributed by atoms with Crippen LogP contribution in [-0.4, -0.2) is 80.7 Å². The van der Waals surface area contributed by atoms with E-state index in [4.69, 9.17) is 9.47 Å². The molecule has 0 unspecified atom stereocenters. The smallest absolute Gasteiger partial charge is 0.409 e. The topological polar surface area (TPSA) is 95.5 Å². The van der Waals surface area contributed by atoms with Gasteiger partial charge in [0.25, 0.3) is 0 Å². The lowest BCUT2D eigenvalue weighted by atomic mass is 10.1. The summed E-state index contributed by atoms with van der Waals surface area (Å²) < 4.78 is 10.8. The predicted molar refractivity (Wildman–Crippen MR) is 136 cm³/mol. The quantitative estimate of drug-likeness (QED) is 0.288. The summed E-state index contributed by atoms with van der Waals surface area (Å²) in [5.41, 5.74) is 0.974. The van der Waals surface area contributed by atoms with E-state index >= 15 is 0 Å². The molecule has 1 aromatic carbocycles. The largest absolute Gasteiger partial charge is 0.494 e. The lowest BCUT2D eigenvalue weighted by Gasteiger charge is -2.32. The normalized spacial score (nSPS) is 14.2. The zero-order valence-electron chi connectivity index (χ0n) is 19.4. The molecule has 0 bridgehead atoms. The SMILES string of the molecule is CCOC(=O)N1CCC(NC(=NCc2ccccc2OCC)NCC(=O)N(C)C)CC1.I. The van der Waals surface area contributed by atoms with Gasteiger partial charge in [0.05, 0.1) is 26.3 Å². The molecule has 0 spiro atoms. The number of amides is 2. The standard InChI is InChI=1S/C22H35N5O4.HI/c1-5-30-19-10-8-7-9-17(19)15-23-21(24-16-20(28)26(3)4)25-18-11-13-27(14-12-18)22(29)31-6-2;/h7-10,18H,5-6,11-16H2,1-4H3,(H2,23,24,25);1H. The van der Waals surface area contributed by atoms with Crippen molar-refractivity contribution in [2.75, 3.05) is 46.9 Å². The number of guanidine groups is 1. The number of hydrogen-bond donors (Lipinski definition) is 2. The molecular weight excluding hydrogens is 525 g/mol. The second-order valence-electron chi connectivity index (χ2n) is 7.45. The van der Waals surface area contributed by atoms with E-state index in [1.165, 1.54) is 4.90 Å². The molecule has 0 aromatic heterocycles. The monoisotopic (exact) mass is 561 g/mol. The van der Waals surface area contributed by atoms with Gasteiger partial charge < -0.3 is 29.9 Å². The van der Waals surface area contributed by atoms with Gasteiger partial charge in [-0.2, -0.15) is 0 Å². The highest BCUT2D eigenvalue weighted by molar-refractivity contribution is 14.0. The maximum atomic E-state index is 12.0. The van der Waals surface area contributed by atoms with Crippen LogP contribution in [0, 0.1) is 0 Å². The average Bonchev–Trinajstić information content (AvgIpc) is 2.77. The minimum absolute atomic E-state index is 0. The van der Waals surface area contributed by atoms with E-state index in [0.29, 0.717) is 38.8 Å². The summed E-state index contributed by atoms with van der Waals surface area (Å²) in [4.78, 5) is 31.9. The molecule has 180 valence electrons. The summed E-state index contributed by atoms with van der Waals surface area (Å²) in [5.74, 6) is 1.33. The number of carbonyl (C=O) groups is 2. The molecule has 1 aliphatic rings. The Balaban J connectivity index is 0.00000512. The van der Waals surface area contributed by atoms with Crippen LogP contribution >= 0.6 is 24.0 Å². The second kappa shape index (κ2) is 14.8. The highest BCUT2D eigenvalue weighted by Gasteiger charge is 2.24. The molecule has 9 nitrogen and oxygen atoms in total. The zero-order valence-corrected chi connectivity index (χ0v) is 21.8. The molecule has 32 heavy (non-hydrogen) atoms. The number of rotatable bonds is 8. The van der Waals surface area contributed by atoms with Gasteiger partial charge in [-0.25, -0.2) is 9.79 Å². The fraction of sp³-hybridized carbons (Fsp3) is 0.591. The molecule has 0 aliphatic carbocycles. The number of ether oxygens (including phenoxy) is 2. The lowest BCUT2D eigenvalue weighted by molar-refractivity contribution is -0.127. The fourth-order valence-corrected chi connectivity index (χ4v) is 3.18. The minimum Gasteiger partial charge on any atom is -0.494 e. The van der Waals surface area contributed by atoms with Gasteiger partial charge in [-0.05, 0) is 32.8 Å². The molecule has 1 aliphatic heterocycles. The van der Waals surface area contributed by atoms with E-state index in [0.717, 1.165) is 24.2 Å². The summed E-state index contributed by atoms with van der Waals surface area (Å²) in [6.07, 6.45) is 1.28. The van der Waals surface area contributed by atoms with E-state index in [9.17, 15) is 9.59 Å². The summed E-state index contributed by atoms with van der Waals surface area (Å²) in [5, 5.41) is 6.54. The Bertz CT molecular complexity index is 752. The first-order chi connectivity index (χ1) is 14.9. The van der Waals surface area contributed by atoms with Gasteiger partial charge in [0.2, 0.25) is 5.91 Å². The summed E-state index contributed by atoms with van der Waals surface area (Å²) in [6.45, 7) is 6.52. The summed E-state index contributed by atoms with van der Waals surface area (Å²) in [7, 11) is 3.44. The van der Waals surface area contributed by atoms with Crippen molar-refractivity contribution in [1.29, 1.82) is 0 Å². The first-order valence-corrected chi connectivity index (χ1v) is 10.8. The first-order valence-electron chi connectivity index (χ1n) is 10.8. The Hall–Kier alpha value is -2.24. The highest BCUT2D eigenvalue weighted by atomic mass is 127. The molecule has 0 saturated carbocycles. The van der Waals surface area contributed by atoms with Gasteiger partial charge in [0, 0.05) is 38.8 Å². The van der Waals surface area contributed by atoms with Crippen LogP contribution in [0.4, 0.5) is 4.79 Å². The van der Waals surface area contributed by atoms with Gasteiger partial charge in [-0.3, -0.25) is 4.79 Å². The molecule has 1 fully saturated rings. The molecule has 2 N–H and O–H groups in total. The second-order valence-corrected chi connectivity index (χ2v) is 7.45. The van der Waals surface area contributed by atoms with Crippen LogP contribution in [-0.2, 0) is 16.1 Å². The third-order valence-corrected chi connectivity index (χ3v) is 4.95. The van der Waals surface area contributed by atoms with E-state index in [1.54, 1.807) is 25.9 Å². The van der Waals surface area contributed by atoms with Crippen molar-refractivity contribution >= 4 is 41.9 Å². The summed E-state index contributed by atoms with van der Waals surface area (Å²) >= 11 is 0. The molecular formula is C22H36IN5O4. The van der Waals surface area contributed by atoms with Gasteiger partial charge in [0.15, 0.2) is 5.96 Å². The third kappa shape index (κ3) is 9.09. The van der Waals surface area contributed by atoms with Crippen LogP contribution in [0.25, 0.3) is 0 Å². The number of para-hydroxylation sites is 1. The van der Waals surface area contributed by atoms with Crippen molar-refractivity contribution in [3.63, 3.8) is 0 Å². The molecule has 1 heterocycles. The van der Waals surface area contributed by atoms with E-state index in [2.05, 4.69) is 15.6 Å². The molecule has 2 amide bonds. The van der Waals surface area contributed by atoms with Crippen LogP contribution in [0.1, 0.15) is 32.3 Å². The number of benzene rings is 1. The molecule has 2 rings (SSSR count). The van der Waals surface area contributed by atoms with Crippen molar-refractivity contribution in [1.82, 2.24) is 20.4 Å². The molecule has 0 radical (unpaired) electrons. The van der Waals surface area contributed by atoms with E-state index < -0.39 is 0 Å². The van der Waals surface area contributed by atoms with Gasteiger partial charge in [-0.15, -0.1) is 24.0 Å². The maximum absolute atomic E-state index is 12.0. The Morgan fingerprint density at radius 2 is 1.84 bits per heavy atom. The van der Waals surface area contributed by atoms with Crippen LogP contribution in [0.2, 0.25) is 0 Å². The Labute approximate surface area is 207 Å². The number of likely N-dealkylation sites (tertiary alicyclic amines) is 1. The van der Waals surface area contributed by atoms with Gasteiger partial charge >= 0.3 is 6.09 Å². The number of piperidine rings is 1. The third-order valence-electron chi connectivity index (χ3n) is 4.95. The lowest BCUT2D eigenvalue weighted by Crippen LogP contribution is -2.51. The fourth-order valence-electron chi connectivity index (χ4n) is 3.18. The Kier molecular flexibility index (Phi) is 12.8. The van der Waals surface area contributed by atoms with Crippen molar-refractivity contribution in [2.45, 2.75) is 39.3 Å². The maximum Gasteiger partial charge on any atom is 0.409 e. The van der Waals surface area contributed by atoms with Crippen LogP contribution < -0.4 is 15.4 Å². The molecule has 1 aromatic rings. The number of aliphatic imine (C=N–C) groups is 1. The van der Waals surface area contributed by atoms with E-state index in [-0.39, 0.29) is 48.6 Å². The van der Waals surface area contributed by atoms with Crippen LogP contribution in [0.5, 0.6) is 5.75 Å². The number of likely N-dealkylation sites (N-methyl/N-ethyl adjacent to an activating group) is 1. The average molecular weight is 561 g/mol. The minimum atomic E-state index is -0.267. The van der Waals surface area contributed by atoms with Gasteiger partial charge in [0.1, 0.15) is 5.75 Å². The zero-order chi connectivity index (χ0) is 22.6. The van der Waals surface area contributed by atoms with Crippen molar-refractivity contribution in [3.8, 4) is 5.75 Å². The number of carbonyl (C=O) groups excluding carboxylic acids is 2. The van der Waals surface area contributed by atoms with Crippen molar-refractivity contribution in [2.24, 2.45) is 4.99 Å². The molecule has 1 saturated heterocycles. The number of hydrogen-bond acceptors (Lipinski definition) is 5. The van der Waals surface area contributed by atoms with Crippen LogP contribution in [0.15, 0.2) is 29.3 Å². The predicted octanol–water partition coefficient (Wildman–Crippen LogP) is 2.45. The highest BCUT2D eigenvalue weighted by Crippen LogP contribution is 2.19. The summed E-state index contributed by atoms with van der Waals surface area (Å²) in [6, 6.07) is 7.94. The van der Waals surface area contributed by atoms with E-state index in [1.807, 2.05) is 31.2 Å². The Morgan fingerprint density at radius 3 is 2.47 bits per heavy atom. The number of nitrogens with one attached hydrogen (secondary N) is 2. The molecule has 10 heteroatoms. The van der Waals surface area contributed by atoms with Crippen molar-refractivity contribution in [3.05, 3.63) is 29.8 Å². The van der Waals surface area contributed by atoms with Crippen LogP contribution in [0.3, 0.4) is 0 Å². The van der Waals surface area contributed by atoms with Gasteiger partial charge in [-0.1, -0.05) is 18.2 Å². The number of nitrogens with zero attached hydrogens (tertiary/aromatic N) is 3. The van der Waals surface area contributed by atoms with Crippen molar-refractivity contribution < 1.29 is 19.1 Å².